The number of nitrogens with one attached hydrogen (secondary N) is 1. The molecule has 2 aliphatic carbocycles. The quantitative estimate of drug-likeness (QED) is 0.417. The van der Waals surface area contributed by atoms with Crippen LogP contribution >= 0.6 is 0 Å². The van der Waals surface area contributed by atoms with E-state index in [9.17, 15) is 0 Å². The Bertz CT molecular complexity index is 1030. The molecule has 0 heterocycles. The zero-order valence-corrected chi connectivity index (χ0v) is 21.2. The van der Waals surface area contributed by atoms with Crippen LogP contribution in [0.4, 0.5) is 0 Å². The Labute approximate surface area is 207 Å². The highest BCUT2D eigenvalue weighted by Gasteiger charge is 2.30. The first-order valence-electron chi connectivity index (χ1n) is 13.2. The third-order valence-corrected chi connectivity index (χ3v) is 8.02. The fraction of sp³-hybridized carbons (Fsp3) is 0.438. The van der Waals surface area contributed by atoms with Crippen molar-refractivity contribution in [3.8, 4) is 0 Å². The molecule has 0 aromatic heterocycles. The molecule has 180 valence electrons. The van der Waals surface area contributed by atoms with E-state index in [1.807, 2.05) is 0 Å². The van der Waals surface area contributed by atoms with E-state index in [1.165, 1.54) is 66.3 Å². The van der Waals surface area contributed by atoms with Crippen molar-refractivity contribution in [3.05, 3.63) is 107 Å². The monoisotopic (exact) mass is 454 g/mol. The van der Waals surface area contributed by atoms with E-state index < -0.39 is 0 Å². The summed E-state index contributed by atoms with van der Waals surface area (Å²) in [5, 5.41) is 3.87. The van der Waals surface area contributed by atoms with Crippen LogP contribution < -0.4 is 11.1 Å². The Balaban J connectivity index is 0.000000180. The molecule has 5 atom stereocenters. The van der Waals surface area contributed by atoms with Crippen molar-refractivity contribution >= 4 is 0 Å². The first-order valence-corrected chi connectivity index (χ1v) is 13.2. The van der Waals surface area contributed by atoms with Crippen molar-refractivity contribution in [3.63, 3.8) is 0 Å². The van der Waals surface area contributed by atoms with Crippen LogP contribution in [-0.2, 0) is 0 Å². The highest BCUT2D eigenvalue weighted by Crippen LogP contribution is 2.37. The van der Waals surface area contributed by atoms with Gasteiger partial charge < -0.3 is 11.1 Å². The Morgan fingerprint density at radius 1 is 0.676 bits per heavy atom. The number of hydrogen-bond donors (Lipinski definition) is 2. The van der Waals surface area contributed by atoms with Gasteiger partial charge in [-0.25, -0.2) is 0 Å². The van der Waals surface area contributed by atoms with Crippen molar-refractivity contribution < 1.29 is 0 Å². The van der Waals surface area contributed by atoms with E-state index >= 15 is 0 Å². The van der Waals surface area contributed by atoms with Gasteiger partial charge in [-0.05, 0) is 86.1 Å². The lowest BCUT2D eigenvalue weighted by Gasteiger charge is -2.26. The molecule has 2 fully saturated rings. The van der Waals surface area contributed by atoms with Gasteiger partial charge >= 0.3 is 0 Å². The lowest BCUT2D eigenvalue weighted by atomic mass is 9.90. The SMILES string of the molecule is Cc1ccccc1[C@H]1CCC[C@H]1N.Cc1ccccc1[C@H]1CCC[C@H]1N[C@H](C)c1ccccc1. The zero-order valence-electron chi connectivity index (χ0n) is 21.2. The first kappa shape index (κ1) is 24.7. The molecule has 2 saturated carbocycles. The molecule has 3 aromatic carbocycles. The molecular formula is C32H42N2. The Morgan fingerprint density at radius 2 is 1.21 bits per heavy atom. The molecule has 0 unspecified atom stereocenters. The van der Waals surface area contributed by atoms with Gasteiger partial charge in [-0.15, -0.1) is 0 Å². The highest BCUT2D eigenvalue weighted by molar-refractivity contribution is 5.32. The topological polar surface area (TPSA) is 38.0 Å². The van der Waals surface area contributed by atoms with Crippen LogP contribution in [0.3, 0.4) is 0 Å². The van der Waals surface area contributed by atoms with Crippen LogP contribution in [0.1, 0.15) is 91.1 Å². The molecule has 0 aliphatic heterocycles. The number of nitrogens with two attached hydrogens (primary N) is 1. The summed E-state index contributed by atoms with van der Waals surface area (Å²) in [6, 6.07) is 29.7. The summed E-state index contributed by atoms with van der Waals surface area (Å²) in [6.45, 7) is 6.70. The normalized spacial score (nSPS) is 24.9. The summed E-state index contributed by atoms with van der Waals surface area (Å²) in [6.07, 6.45) is 7.68. The van der Waals surface area contributed by atoms with E-state index in [1.54, 1.807) is 0 Å². The maximum atomic E-state index is 6.08. The van der Waals surface area contributed by atoms with Crippen LogP contribution in [0, 0.1) is 13.8 Å². The van der Waals surface area contributed by atoms with E-state index in [2.05, 4.69) is 105 Å². The summed E-state index contributed by atoms with van der Waals surface area (Å²) < 4.78 is 0. The summed E-state index contributed by atoms with van der Waals surface area (Å²) in [7, 11) is 0. The summed E-state index contributed by atoms with van der Waals surface area (Å²) in [5.74, 6) is 1.28. The van der Waals surface area contributed by atoms with Gasteiger partial charge in [-0.3, -0.25) is 0 Å². The van der Waals surface area contributed by atoms with Crippen LogP contribution in [0.15, 0.2) is 78.9 Å². The van der Waals surface area contributed by atoms with Gasteiger partial charge in [0.25, 0.3) is 0 Å². The average molecular weight is 455 g/mol. The van der Waals surface area contributed by atoms with Gasteiger partial charge in [-0.1, -0.05) is 91.7 Å². The molecule has 3 aromatic rings. The van der Waals surface area contributed by atoms with Gasteiger partial charge in [0, 0.05) is 18.1 Å². The van der Waals surface area contributed by atoms with Crippen LogP contribution in [-0.4, -0.2) is 12.1 Å². The third kappa shape index (κ3) is 5.98. The van der Waals surface area contributed by atoms with Crippen LogP contribution in [0.2, 0.25) is 0 Å². The second-order valence-corrected chi connectivity index (χ2v) is 10.4. The zero-order chi connectivity index (χ0) is 23.9. The largest absolute Gasteiger partial charge is 0.327 e. The molecule has 0 spiro atoms. The molecule has 0 amide bonds. The number of benzene rings is 3. The minimum absolute atomic E-state index is 0.390. The second kappa shape index (κ2) is 11.8. The molecule has 3 N–H and O–H groups in total. The predicted molar refractivity (Wildman–Crippen MR) is 145 cm³/mol. The summed E-state index contributed by atoms with van der Waals surface area (Å²) in [4.78, 5) is 0. The van der Waals surface area contributed by atoms with Gasteiger partial charge in [0.15, 0.2) is 0 Å². The van der Waals surface area contributed by atoms with Crippen LogP contribution in [0.25, 0.3) is 0 Å². The second-order valence-electron chi connectivity index (χ2n) is 10.4. The number of aryl methyl sites for hydroxylation is 2. The van der Waals surface area contributed by atoms with Gasteiger partial charge in [0.2, 0.25) is 0 Å². The van der Waals surface area contributed by atoms with Crippen molar-refractivity contribution in [2.75, 3.05) is 0 Å². The maximum Gasteiger partial charge on any atom is 0.0294 e. The molecule has 2 nitrogen and oxygen atoms in total. The van der Waals surface area contributed by atoms with E-state index in [0.29, 0.717) is 30.0 Å². The van der Waals surface area contributed by atoms with Crippen molar-refractivity contribution in [2.24, 2.45) is 5.73 Å². The Hall–Kier alpha value is -2.42. The highest BCUT2D eigenvalue weighted by atomic mass is 15.0. The van der Waals surface area contributed by atoms with Gasteiger partial charge in [0.05, 0.1) is 0 Å². The molecule has 5 rings (SSSR count). The van der Waals surface area contributed by atoms with Crippen LogP contribution in [0.5, 0.6) is 0 Å². The van der Waals surface area contributed by atoms with Crippen molar-refractivity contribution in [1.82, 2.24) is 5.32 Å². The fourth-order valence-corrected chi connectivity index (χ4v) is 6.07. The van der Waals surface area contributed by atoms with E-state index in [-0.39, 0.29) is 0 Å². The molecule has 34 heavy (non-hydrogen) atoms. The molecule has 0 radical (unpaired) electrons. The van der Waals surface area contributed by atoms with E-state index in [0.717, 1.165) is 0 Å². The minimum atomic E-state index is 0.390. The van der Waals surface area contributed by atoms with Gasteiger partial charge in [0.1, 0.15) is 0 Å². The molecular weight excluding hydrogens is 412 g/mol. The average Bonchev–Trinajstić information content (AvgIpc) is 3.49. The number of hydrogen-bond acceptors (Lipinski definition) is 2. The Kier molecular flexibility index (Phi) is 8.59. The molecule has 0 saturated heterocycles. The van der Waals surface area contributed by atoms with Crippen molar-refractivity contribution in [2.45, 2.75) is 89.3 Å². The minimum Gasteiger partial charge on any atom is -0.327 e. The van der Waals surface area contributed by atoms with E-state index in [4.69, 9.17) is 5.73 Å². The molecule has 2 heteroatoms. The Morgan fingerprint density at radius 3 is 1.79 bits per heavy atom. The predicted octanol–water partition coefficient (Wildman–Crippen LogP) is 7.57. The standard InChI is InChI=1S/C20H25N.C12H17N/c1-15-9-6-7-12-18(15)19-13-8-14-20(19)21-16(2)17-10-4-3-5-11-17;1-9-5-2-3-6-10(9)11-7-4-8-12(11)13/h3-7,9-12,16,19-21H,8,13-14H2,1-2H3;2-3,5-6,11-12H,4,7-8,13H2,1H3/t16-,19-,20-;11-,12-/m11/s1. The molecule has 0 bridgehead atoms. The lowest BCUT2D eigenvalue weighted by molar-refractivity contribution is 0.427. The lowest BCUT2D eigenvalue weighted by Crippen LogP contribution is -2.33. The maximum absolute atomic E-state index is 6.08. The van der Waals surface area contributed by atoms with Crippen molar-refractivity contribution in [1.29, 1.82) is 0 Å². The number of rotatable bonds is 5. The smallest absolute Gasteiger partial charge is 0.0294 e. The van der Waals surface area contributed by atoms with Gasteiger partial charge in [-0.2, -0.15) is 0 Å². The fourth-order valence-electron chi connectivity index (χ4n) is 6.07. The third-order valence-electron chi connectivity index (χ3n) is 8.02. The molecule has 2 aliphatic rings. The summed E-state index contributed by atoms with van der Waals surface area (Å²) in [5.41, 5.74) is 13.3. The first-order chi connectivity index (χ1) is 16.5. The summed E-state index contributed by atoms with van der Waals surface area (Å²) >= 11 is 0.